The van der Waals surface area contributed by atoms with Gasteiger partial charge in [0.05, 0.1) is 35.7 Å². The van der Waals surface area contributed by atoms with Crippen LogP contribution in [0.25, 0.3) is 0 Å². The number of nitrogens with zero attached hydrogens (tertiary/aromatic N) is 2. The van der Waals surface area contributed by atoms with Gasteiger partial charge in [-0.25, -0.2) is 0 Å². The van der Waals surface area contributed by atoms with Crippen molar-refractivity contribution in [1.29, 1.82) is 0 Å². The maximum absolute atomic E-state index is 12.1. The van der Waals surface area contributed by atoms with Gasteiger partial charge >= 0.3 is 0 Å². The molecular formula is C12H19N3O3. The molecule has 18 heavy (non-hydrogen) atoms. The van der Waals surface area contributed by atoms with Crippen molar-refractivity contribution in [3.8, 4) is 0 Å². The van der Waals surface area contributed by atoms with Crippen LogP contribution in [-0.2, 0) is 6.42 Å². The largest absolute Gasteiger partial charge is 0.394 e. The topological polar surface area (TPSA) is 95.3 Å². The fourth-order valence-electron chi connectivity index (χ4n) is 1.44. The monoisotopic (exact) mass is 253 g/mol. The molecule has 6 heteroatoms. The number of aliphatic hydroxyl groups excluding tert-OH is 2. The number of aryl methyl sites for hydroxylation is 2. The average molecular weight is 253 g/mol. The van der Waals surface area contributed by atoms with Crippen LogP contribution in [0.2, 0.25) is 0 Å². The smallest absolute Gasteiger partial charge is 0.253 e. The Bertz CT molecular complexity index is 431. The van der Waals surface area contributed by atoms with Gasteiger partial charge in [-0.15, -0.1) is 0 Å². The van der Waals surface area contributed by atoms with E-state index in [-0.39, 0.29) is 19.1 Å². The van der Waals surface area contributed by atoms with Gasteiger partial charge in [0.25, 0.3) is 5.91 Å². The maximum Gasteiger partial charge on any atom is 0.253 e. The van der Waals surface area contributed by atoms with E-state index < -0.39 is 5.54 Å². The van der Waals surface area contributed by atoms with Crippen molar-refractivity contribution in [2.45, 2.75) is 32.7 Å². The Kier molecular flexibility index (Phi) is 4.75. The molecule has 0 fully saturated rings. The minimum atomic E-state index is -1.04. The highest BCUT2D eigenvalue weighted by molar-refractivity contribution is 5.95. The Hall–Kier alpha value is -1.53. The predicted octanol–water partition coefficient (Wildman–Crippen LogP) is -0.179. The van der Waals surface area contributed by atoms with Crippen LogP contribution in [0.3, 0.4) is 0 Å². The third kappa shape index (κ3) is 3.24. The lowest BCUT2D eigenvalue weighted by Gasteiger charge is -2.26. The lowest BCUT2D eigenvalue weighted by Crippen LogP contribution is -2.52. The lowest BCUT2D eigenvalue weighted by molar-refractivity contribution is 0.0722. The second-order valence-corrected chi connectivity index (χ2v) is 4.53. The molecule has 1 heterocycles. The number of nitrogens with one attached hydrogen (secondary N) is 1. The average Bonchev–Trinajstić information content (AvgIpc) is 2.38. The van der Waals surface area contributed by atoms with Crippen molar-refractivity contribution in [1.82, 2.24) is 15.5 Å². The summed E-state index contributed by atoms with van der Waals surface area (Å²) in [6.07, 6.45) is 0.588. The second-order valence-electron chi connectivity index (χ2n) is 4.53. The Labute approximate surface area is 106 Å². The van der Waals surface area contributed by atoms with Gasteiger partial charge in [-0.3, -0.25) is 4.79 Å². The molecule has 0 aliphatic carbocycles. The molecule has 100 valence electrons. The van der Waals surface area contributed by atoms with Gasteiger partial charge in [-0.2, -0.15) is 10.2 Å². The number of carbonyl (C=O) groups is 1. The summed E-state index contributed by atoms with van der Waals surface area (Å²) >= 11 is 0. The summed E-state index contributed by atoms with van der Waals surface area (Å²) < 4.78 is 0. The van der Waals surface area contributed by atoms with E-state index in [4.69, 9.17) is 10.2 Å². The Balaban J connectivity index is 3.00. The summed E-state index contributed by atoms with van der Waals surface area (Å²) in [4.78, 5) is 12.1. The number of aromatic nitrogens is 2. The summed E-state index contributed by atoms with van der Waals surface area (Å²) in [5.74, 6) is -0.365. The van der Waals surface area contributed by atoms with Crippen molar-refractivity contribution in [3.05, 3.63) is 23.0 Å². The molecule has 0 aliphatic rings. The summed E-state index contributed by atoms with van der Waals surface area (Å²) in [7, 11) is 0. The van der Waals surface area contributed by atoms with Crippen molar-refractivity contribution in [3.63, 3.8) is 0 Å². The molecule has 0 unspecified atom stereocenters. The molecule has 1 amide bonds. The first-order valence-electron chi connectivity index (χ1n) is 5.83. The highest BCUT2D eigenvalue weighted by Gasteiger charge is 2.26. The first-order chi connectivity index (χ1) is 8.45. The van der Waals surface area contributed by atoms with Crippen LogP contribution in [0.1, 0.15) is 35.6 Å². The minimum absolute atomic E-state index is 0.339. The normalized spacial score (nSPS) is 11.4. The highest BCUT2D eigenvalue weighted by Crippen LogP contribution is 2.10. The van der Waals surface area contributed by atoms with E-state index in [1.165, 1.54) is 0 Å². The molecule has 0 saturated heterocycles. The standard InChI is InChI=1S/C12H19N3O3/c1-4-10-9(5-8(2)14-15-10)11(18)13-12(3,6-16)7-17/h5,16-17H,4,6-7H2,1-3H3,(H,13,18). The summed E-state index contributed by atoms with van der Waals surface area (Å²) in [6, 6.07) is 1.65. The zero-order chi connectivity index (χ0) is 13.8. The van der Waals surface area contributed by atoms with Crippen LogP contribution in [0.4, 0.5) is 0 Å². The Morgan fingerprint density at radius 2 is 2.00 bits per heavy atom. The van der Waals surface area contributed by atoms with E-state index in [0.29, 0.717) is 23.4 Å². The van der Waals surface area contributed by atoms with Crippen molar-refractivity contribution in [2.75, 3.05) is 13.2 Å². The molecule has 0 radical (unpaired) electrons. The number of aliphatic hydroxyl groups is 2. The molecule has 0 aromatic carbocycles. The van der Waals surface area contributed by atoms with E-state index >= 15 is 0 Å². The predicted molar refractivity (Wildman–Crippen MR) is 66.2 cm³/mol. The number of carbonyl (C=O) groups excluding carboxylic acids is 1. The number of amides is 1. The van der Waals surface area contributed by atoms with Crippen LogP contribution in [0.15, 0.2) is 6.07 Å². The van der Waals surface area contributed by atoms with Crippen molar-refractivity contribution in [2.24, 2.45) is 0 Å². The maximum atomic E-state index is 12.1. The van der Waals surface area contributed by atoms with Crippen LogP contribution in [0.5, 0.6) is 0 Å². The van der Waals surface area contributed by atoms with Gasteiger partial charge in [-0.1, -0.05) is 6.92 Å². The fraction of sp³-hybridized carbons (Fsp3) is 0.583. The summed E-state index contributed by atoms with van der Waals surface area (Å²) in [5.41, 5.74) is 0.626. The van der Waals surface area contributed by atoms with Crippen molar-refractivity contribution >= 4 is 5.91 Å². The first kappa shape index (κ1) is 14.5. The van der Waals surface area contributed by atoms with Crippen LogP contribution in [-0.4, -0.2) is 45.1 Å². The summed E-state index contributed by atoms with van der Waals surface area (Å²) in [6.45, 7) is 4.52. The van der Waals surface area contributed by atoms with Crippen LogP contribution >= 0.6 is 0 Å². The van der Waals surface area contributed by atoms with Gasteiger partial charge in [0.1, 0.15) is 0 Å². The molecule has 0 spiro atoms. The van der Waals surface area contributed by atoms with Gasteiger partial charge in [0.2, 0.25) is 0 Å². The fourth-order valence-corrected chi connectivity index (χ4v) is 1.44. The third-order valence-electron chi connectivity index (χ3n) is 2.69. The third-order valence-corrected chi connectivity index (χ3v) is 2.69. The Morgan fingerprint density at radius 3 is 2.50 bits per heavy atom. The minimum Gasteiger partial charge on any atom is -0.394 e. The molecule has 1 rings (SSSR count). The number of rotatable bonds is 5. The molecular weight excluding hydrogens is 234 g/mol. The van der Waals surface area contributed by atoms with E-state index in [1.807, 2.05) is 6.92 Å². The molecule has 6 nitrogen and oxygen atoms in total. The molecule has 1 aromatic rings. The Morgan fingerprint density at radius 1 is 1.39 bits per heavy atom. The molecule has 0 saturated carbocycles. The SMILES string of the molecule is CCc1nnc(C)cc1C(=O)NC(C)(CO)CO. The first-order valence-corrected chi connectivity index (χ1v) is 5.83. The highest BCUT2D eigenvalue weighted by atomic mass is 16.3. The van der Waals surface area contributed by atoms with E-state index in [2.05, 4.69) is 15.5 Å². The van der Waals surface area contributed by atoms with E-state index in [0.717, 1.165) is 0 Å². The summed E-state index contributed by atoms with van der Waals surface area (Å²) in [5, 5.41) is 28.8. The molecule has 0 aliphatic heterocycles. The second kappa shape index (κ2) is 5.88. The van der Waals surface area contributed by atoms with Crippen LogP contribution < -0.4 is 5.32 Å². The molecule has 1 aromatic heterocycles. The van der Waals surface area contributed by atoms with E-state index in [1.54, 1.807) is 19.9 Å². The van der Waals surface area contributed by atoms with Gasteiger partial charge in [-0.05, 0) is 26.3 Å². The zero-order valence-electron chi connectivity index (χ0n) is 10.9. The zero-order valence-corrected chi connectivity index (χ0v) is 10.9. The van der Waals surface area contributed by atoms with Crippen LogP contribution in [0, 0.1) is 6.92 Å². The number of hydrogen-bond donors (Lipinski definition) is 3. The van der Waals surface area contributed by atoms with E-state index in [9.17, 15) is 4.79 Å². The molecule has 0 atom stereocenters. The molecule has 3 N–H and O–H groups in total. The van der Waals surface area contributed by atoms with Crippen molar-refractivity contribution < 1.29 is 15.0 Å². The quantitative estimate of drug-likeness (QED) is 0.676. The van der Waals surface area contributed by atoms with Gasteiger partial charge in [0.15, 0.2) is 0 Å². The number of hydrogen-bond acceptors (Lipinski definition) is 5. The van der Waals surface area contributed by atoms with Gasteiger partial charge in [0, 0.05) is 0 Å². The molecule has 0 bridgehead atoms. The lowest BCUT2D eigenvalue weighted by atomic mass is 10.0. The van der Waals surface area contributed by atoms with Gasteiger partial charge < -0.3 is 15.5 Å².